The topological polar surface area (TPSA) is 94.0 Å². The van der Waals surface area contributed by atoms with Gasteiger partial charge in [-0.05, 0) is 31.0 Å². The number of primary amides is 1. The number of nitrogens with zero attached hydrogens (tertiary/aromatic N) is 1. The van der Waals surface area contributed by atoms with Crippen LogP contribution in [0.5, 0.6) is 0 Å². The van der Waals surface area contributed by atoms with Crippen LogP contribution in [-0.2, 0) is 0 Å². The number of anilines is 1. The zero-order valence-corrected chi connectivity index (χ0v) is 10.3. The van der Waals surface area contributed by atoms with Crippen LogP contribution < -0.4 is 16.8 Å². The van der Waals surface area contributed by atoms with Crippen molar-refractivity contribution in [2.24, 2.45) is 17.4 Å². The smallest absolute Gasteiger partial charge is 0.250 e. The minimum Gasteiger partial charge on any atom is -0.367 e. The van der Waals surface area contributed by atoms with E-state index < -0.39 is 5.91 Å². The molecule has 0 bridgehead atoms. The third-order valence-corrected chi connectivity index (χ3v) is 2.66. The molecule has 5 N–H and O–H groups in total. The second-order valence-corrected chi connectivity index (χ2v) is 4.37. The lowest BCUT2D eigenvalue weighted by Gasteiger charge is -2.22. The lowest BCUT2D eigenvalue weighted by atomic mass is 10.0. The normalized spacial score (nSPS) is 12.5. The van der Waals surface area contributed by atoms with Crippen molar-refractivity contribution in [2.45, 2.75) is 26.3 Å². The van der Waals surface area contributed by atoms with Crippen molar-refractivity contribution in [3.05, 3.63) is 23.9 Å². The van der Waals surface area contributed by atoms with Crippen molar-refractivity contribution in [1.82, 2.24) is 4.98 Å². The van der Waals surface area contributed by atoms with Gasteiger partial charge in [0.15, 0.2) is 0 Å². The highest BCUT2D eigenvalue weighted by Gasteiger charge is 2.12. The molecule has 1 unspecified atom stereocenters. The van der Waals surface area contributed by atoms with Gasteiger partial charge in [0.25, 0.3) is 0 Å². The number of nitrogens with two attached hydrogens (primary N) is 2. The first-order valence-electron chi connectivity index (χ1n) is 5.77. The number of nitrogens with one attached hydrogen (secondary N) is 1. The predicted molar refractivity (Wildman–Crippen MR) is 68.7 cm³/mol. The molecule has 0 fully saturated rings. The molecule has 5 heteroatoms. The van der Waals surface area contributed by atoms with Gasteiger partial charge in [-0.3, -0.25) is 4.79 Å². The van der Waals surface area contributed by atoms with Crippen molar-refractivity contribution in [3.8, 4) is 0 Å². The molecule has 0 saturated heterocycles. The van der Waals surface area contributed by atoms with Gasteiger partial charge in [-0.25, -0.2) is 4.98 Å². The van der Waals surface area contributed by atoms with Crippen LogP contribution in [0.25, 0.3) is 0 Å². The Labute approximate surface area is 102 Å². The van der Waals surface area contributed by atoms with Crippen LogP contribution in [0.2, 0.25) is 0 Å². The number of rotatable bonds is 6. The van der Waals surface area contributed by atoms with E-state index in [1.165, 1.54) is 6.20 Å². The number of aromatic nitrogens is 1. The molecule has 94 valence electrons. The summed E-state index contributed by atoms with van der Waals surface area (Å²) >= 11 is 0. The van der Waals surface area contributed by atoms with Crippen molar-refractivity contribution in [1.29, 1.82) is 0 Å². The van der Waals surface area contributed by atoms with Gasteiger partial charge < -0.3 is 16.8 Å². The van der Waals surface area contributed by atoms with Gasteiger partial charge in [-0.1, -0.05) is 13.8 Å². The first-order valence-corrected chi connectivity index (χ1v) is 5.77. The summed E-state index contributed by atoms with van der Waals surface area (Å²) in [5.41, 5.74) is 11.1. The number of hydrogen-bond donors (Lipinski definition) is 3. The SMILES string of the molecule is CC(C)C(CCN)Nc1ccc(C(N)=O)cn1. The monoisotopic (exact) mass is 236 g/mol. The highest BCUT2D eigenvalue weighted by molar-refractivity contribution is 5.92. The summed E-state index contributed by atoms with van der Waals surface area (Å²) in [6, 6.07) is 3.70. The predicted octanol–water partition coefficient (Wildman–Crippen LogP) is 0.966. The van der Waals surface area contributed by atoms with E-state index in [0.29, 0.717) is 18.0 Å². The van der Waals surface area contributed by atoms with E-state index in [2.05, 4.69) is 24.1 Å². The molecule has 0 aliphatic heterocycles. The summed E-state index contributed by atoms with van der Waals surface area (Å²) < 4.78 is 0. The second kappa shape index (κ2) is 6.20. The Kier molecular flexibility index (Phi) is 4.90. The van der Waals surface area contributed by atoms with E-state index in [-0.39, 0.29) is 6.04 Å². The average molecular weight is 236 g/mol. The molecule has 1 amide bonds. The quantitative estimate of drug-likeness (QED) is 0.686. The summed E-state index contributed by atoms with van der Waals surface area (Å²) in [6.07, 6.45) is 2.36. The molecule has 1 heterocycles. The lowest BCUT2D eigenvalue weighted by Crippen LogP contribution is -2.28. The number of amides is 1. The summed E-state index contributed by atoms with van der Waals surface area (Å²) in [6.45, 7) is 4.89. The average Bonchev–Trinajstić information content (AvgIpc) is 2.29. The van der Waals surface area contributed by atoms with Gasteiger partial charge in [0.05, 0.1) is 5.56 Å². The molecule has 0 saturated carbocycles. The molecule has 0 aliphatic rings. The van der Waals surface area contributed by atoms with Gasteiger partial charge in [0, 0.05) is 12.2 Å². The van der Waals surface area contributed by atoms with E-state index in [1.807, 2.05) is 0 Å². The van der Waals surface area contributed by atoms with Crippen LogP contribution in [0.4, 0.5) is 5.82 Å². The van der Waals surface area contributed by atoms with Gasteiger partial charge in [0.2, 0.25) is 5.91 Å². The van der Waals surface area contributed by atoms with Crippen molar-refractivity contribution < 1.29 is 4.79 Å². The van der Waals surface area contributed by atoms with E-state index in [0.717, 1.165) is 12.2 Å². The highest BCUT2D eigenvalue weighted by Crippen LogP contribution is 2.13. The van der Waals surface area contributed by atoms with E-state index in [4.69, 9.17) is 11.5 Å². The molecule has 0 aromatic carbocycles. The zero-order chi connectivity index (χ0) is 12.8. The Bertz CT molecular complexity index is 361. The van der Waals surface area contributed by atoms with Crippen LogP contribution in [0.1, 0.15) is 30.6 Å². The number of hydrogen-bond acceptors (Lipinski definition) is 4. The minimum absolute atomic E-state index is 0.284. The van der Waals surface area contributed by atoms with Gasteiger partial charge in [-0.15, -0.1) is 0 Å². The Morgan fingerprint density at radius 1 is 1.47 bits per heavy atom. The fourth-order valence-corrected chi connectivity index (χ4v) is 1.57. The van der Waals surface area contributed by atoms with E-state index in [9.17, 15) is 4.79 Å². The lowest BCUT2D eigenvalue weighted by molar-refractivity contribution is 0.1000. The summed E-state index contributed by atoms with van der Waals surface area (Å²) in [7, 11) is 0. The maximum absolute atomic E-state index is 10.9. The highest BCUT2D eigenvalue weighted by atomic mass is 16.1. The summed E-state index contributed by atoms with van der Waals surface area (Å²) in [5.74, 6) is 0.740. The fourth-order valence-electron chi connectivity index (χ4n) is 1.57. The maximum Gasteiger partial charge on any atom is 0.250 e. The Balaban J connectivity index is 2.69. The van der Waals surface area contributed by atoms with E-state index >= 15 is 0 Å². The van der Waals surface area contributed by atoms with Crippen LogP contribution >= 0.6 is 0 Å². The van der Waals surface area contributed by atoms with Crippen LogP contribution in [0, 0.1) is 5.92 Å². The molecular formula is C12H20N4O. The zero-order valence-electron chi connectivity index (χ0n) is 10.3. The molecule has 1 aromatic heterocycles. The van der Waals surface area contributed by atoms with Gasteiger partial charge in [0.1, 0.15) is 5.82 Å². The Morgan fingerprint density at radius 3 is 2.59 bits per heavy atom. The number of carbonyl (C=O) groups excluding carboxylic acids is 1. The summed E-state index contributed by atoms with van der Waals surface area (Å²) in [5, 5.41) is 3.30. The van der Waals surface area contributed by atoms with Gasteiger partial charge in [-0.2, -0.15) is 0 Å². The molecule has 1 atom stereocenters. The van der Waals surface area contributed by atoms with Crippen LogP contribution in [0.3, 0.4) is 0 Å². The Morgan fingerprint density at radius 2 is 2.18 bits per heavy atom. The molecule has 0 aliphatic carbocycles. The molecule has 1 aromatic rings. The first kappa shape index (κ1) is 13.4. The third-order valence-electron chi connectivity index (χ3n) is 2.66. The summed E-state index contributed by atoms with van der Waals surface area (Å²) in [4.78, 5) is 15.0. The fraction of sp³-hybridized carbons (Fsp3) is 0.500. The van der Waals surface area contributed by atoms with E-state index in [1.54, 1.807) is 12.1 Å². The Hall–Kier alpha value is -1.62. The van der Waals surface area contributed by atoms with Gasteiger partial charge >= 0.3 is 0 Å². The maximum atomic E-state index is 10.9. The van der Waals surface area contributed by atoms with Crippen molar-refractivity contribution in [2.75, 3.05) is 11.9 Å². The van der Waals surface area contributed by atoms with Crippen molar-refractivity contribution in [3.63, 3.8) is 0 Å². The van der Waals surface area contributed by atoms with Crippen molar-refractivity contribution >= 4 is 11.7 Å². The molecule has 5 nitrogen and oxygen atoms in total. The largest absolute Gasteiger partial charge is 0.367 e. The molecule has 0 radical (unpaired) electrons. The second-order valence-electron chi connectivity index (χ2n) is 4.37. The molecular weight excluding hydrogens is 216 g/mol. The minimum atomic E-state index is -0.466. The molecule has 0 spiro atoms. The third kappa shape index (κ3) is 4.03. The standard InChI is InChI=1S/C12H20N4O/c1-8(2)10(5-6-13)16-11-4-3-9(7-15-11)12(14)17/h3-4,7-8,10H,5-6,13H2,1-2H3,(H2,14,17)(H,15,16). The number of carbonyl (C=O) groups is 1. The van der Waals surface area contributed by atoms with Crippen LogP contribution in [0.15, 0.2) is 18.3 Å². The molecule has 17 heavy (non-hydrogen) atoms. The number of pyridine rings is 1. The van der Waals surface area contributed by atoms with Crippen LogP contribution in [-0.4, -0.2) is 23.5 Å². The first-order chi connectivity index (χ1) is 8.04. The molecule has 1 rings (SSSR count).